The van der Waals surface area contributed by atoms with Crippen molar-refractivity contribution in [1.82, 2.24) is 0 Å². The largest absolute Gasteiger partial charge is 0.469 e. The number of rotatable bonds is 11. The lowest BCUT2D eigenvalue weighted by atomic mass is 9.93. The molecule has 0 spiro atoms. The van der Waals surface area contributed by atoms with Gasteiger partial charge in [0.05, 0.1) is 13.2 Å². The maximum Gasteiger partial charge on any atom is 0.313 e. The van der Waals surface area contributed by atoms with Gasteiger partial charge in [0, 0.05) is 22.8 Å². The van der Waals surface area contributed by atoms with Crippen molar-refractivity contribution in [1.29, 1.82) is 0 Å². The zero-order chi connectivity index (χ0) is 31.5. The van der Waals surface area contributed by atoms with Gasteiger partial charge in [0.1, 0.15) is 17.6 Å². The smallest absolute Gasteiger partial charge is 0.313 e. The molecule has 4 aromatic carbocycles. The maximum absolute atomic E-state index is 12.8. The Bertz CT molecular complexity index is 1780. The molecule has 6 heteroatoms. The highest BCUT2D eigenvalue weighted by atomic mass is 28.4. The van der Waals surface area contributed by atoms with Gasteiger partial charge in [0.15, 0.2) is 14.1 Å². The Kier molecular flexibility index (Phi) is 9.23. The first-order chi connectivity index (χ1) is 20.9. The Balaban J connectivity index is 1.53. The molecule has 44 heavy (non-hydrogen) atoms. The number of esters is 1. The molecule has 228 valence electrons. The summed E-state index contributed by atoms with van der Waals surface area (Å²) in [6.45, 7) is 11.4. The first-order valence-corrected chi connectivity index (χ1v) is 18.2. The van der Waals surface area contributed by atoms with E-state index in [2.05, 4.69) is 101 Å². The van der Waals surface area contributed by atoms with Gasteiger partial charge in [0.2, 0.25) is 0 Å². The average Bonchev–Trinajstić information content (AvgIpc) is 3.37. The molecule has 5 nitrogen and oxygen atoms in total. The van der Waals surface area contributed by atoms with Crippen LogP contribution in [0.2, 0.25) is 18.1 Å². The summed E-state index contributed by atoms with van der Waals surface area (Å²) in [6, 6.07) is 30.9. The van der Waals surface area contributed by atoms with Crippen molar-refractivity contribution >= 4 is 42.0 Å². The molecule has 0 bridgehead atoms. The number of hydrogen-bond acceptors (Lipinski definition) is 5. The zero-order valence-electron chi connectivity index (χ0n) is 26.6. The third kappa shape index (κ3) is 7.03. The lowest BCUT2D eigenvalue weighted by Crippen LogP contribution is -2.42. The highest BCUT2D eigenvalue weighted by Gasteiger charge is 2.39. The van der Waals surface area contributed by atoms with E-state index in [0.717, 1.165) is 41.2 Å². The summed E-state index contributed by atoms with van der Waals surface area (Å²) in [5, 5.41) is 1.80. The van der Waals surface area contributed by atoms with E-state index in [1.807, 2.05) is 12.1 Å². The normalized spacial score (nSPS) is 12.9. The van der Waals surface area contributed by atoms with E-state index >= 15 is 0 Å². The van der Waals surface area contributed by atoms with E-state index in [9.17, 15) is 9.59 Å². The summed E-state index contributed by atoms with van der Waals surface area (Å²) >= 11 is 0. The van der Waals surface area contributed by atoms with Gasteiger partial charge in [-0.05, 0) is 83.6 Å². The quantitative estimate of drug-likeness (QED) is 0.0649. The fourth-order valence-corrected chi connectivity index (χ4v) is 6.64. The molecule has 0 saturated heterocycles. The topological polar surface area (TPSA) is 65.7 Å². The number of carbonyl (C=O) groups excluding carboxylic acids is 2. The van der Waals surface area contributed by atoms with E-state index < -0.39 is 14.3 Å². The van der Waals surface area contributed by atoms with Gasteiger partial charge in [-0.25, -0.2) is 0 Å². The number of aryl methyl sites for hydroxylation is 2. The number of ether oxygens (including phenoxy) is 1. The van der Waals surface area contributed by atoms with E-state index in [-0.39, 0.29) is 23.3 Å². The number of fused-ring (bicyclic) bond motifs is 3. The highest BCUT2D eigenvalue weighted by Crippen LogP contribution is 2.42. The van der Waals surface area contributed by atoms with Gasteiger partial charge >= 0.3 is 5.97 Å². The van der Waals surface area contributed by atoms with Crippen LogP contribution in [0.15, 0.2) is 95.4 Å². The van der Waals surface area contributed by atoms with E-state index in [1.54, 1.807) is 12.1 Å². The standard InChI is InChI=1S/C38H42O5Si/c1-38(2,3)44(5,6)43-36(24-28-15-11-10-14-27(28)17-16-26-12-8-7-9-13-26)30-19-21-35-32(23-30)31-22-29(18-20-34(31)42-35)33(39)25-37(40)41-4/h7-15,18-23,36H,16-17,24-25H2,1-6H3. The molecule has 1 heterocycles. The molecule has 0 amide bonds. The second-order valence-corrected chi connectivity index (χ2v) is 17.8. The molecule has 0 aliphatic heterocycles. The molecule has 0 radical (unpaired) electrons. The molecule has 0 fully saturated rings. The van der Waals surface area contributed by atoms with Crippen LogP contribution in [0.25, 0.3) is 21.9 Å². The molecule has 1 aromatic heterocycles. The molecule has 5 rings (SSSR count). The molecule has 0 N–H and O–H groups in total. The summed E-state index contributed by atoms with van der Waals surface area (Å²) < 4.78 is 18.0. The van der Waals surface area contributed by atoms with E-state index in [0.29, 0.717) is 11.1 Å². The fourth-order valence-electron chi connectivity index (χ4n) is 5.36. The van der Waals surface area contributed by atoms with Crippen molar-refractivity contribution in [2.24, 2.45) is 0 Å². The Morgan fingerprint density at radius 1 is 0.795 bits per heavy atom. The van der Waals surface area contributed by atoms with Crippen molar-refractivity contribution in [2.75, 3.05) is 7.11 Å². The Morgan fingerprint density at radius 2 is 1.43 bits per heavy atom. The van der Waals surface area contributed by atoms with Crippen LogP contribution in [0.3, 0.4) is 0 Å². The van der Waals surface area contributed by atoms with Crippen molar-refractivity contribution in [3.8, 4) is 0 Å². The average molecular weight is 607 g/mol. The Hall–Kier alpha value is -4.00. The highest BCUT2D eigenvalue weighted by molar-refractivity contribution is 6.74. The SMILES string of the molecule is COC(=O)CC(=O)c1ccc2oc3ccc(C(Cc4ccccc4CCc4ccccc4)O[Si](C)(C)C(C)(C)C)cc3c2c1. The zero-order valence-corrected chi connectivity index (χ0v) is 27.6. The summed E-state index contributed by atoms with van der Waals surface area (Å²) in [7, 11) is -0.868. The van der Waals surface area contributed by atoms with Gasteiger partial charge in [-0.1, -0.05) is 81.4 Å². The maximum atomic E-state index is 12.8. The molecule has 1 atom stereocenters. The minimum atomic E-state index is -2.15. The van der Waals surface area contributed by atoms with Gasteiger partial charge in [-0.2, -0.15) is 0 Å². The number of hydrogen-bond donors (Lipinski definition) is 0. The predicted molar refractivity (Wildman–Crippen MR) is 180 cm³/mol. The van der Waals surface area contributed by atoms with Crippen LogP contribution >= 0.6 is 0 Å². The summed E-state index contributed by atoms with van der Waals surface area (Å²) in [5.41, 5.74) is 6.93. The van der Waals surface area contributed by atoms with Crippen LogP contribution in [0.1, 0.15) is 65.9 Å². The van der Waals surface area contributed by atoms with Crippen molar-refractivity contribution in [3.63, 3.8) is 0 Å². The molecule has 0 aliphatic carbocycles. The van der Waals surface area contributed by atoms with E-state index in [4.69, 9.17) is 13.6 Å². The molecule has 5 aromatic rings. The lowest BCUT2D eigenvalue weighted by molar-refractivity contribution is -0.139. The van der Waals surface area contributed by atoms with Crippen molar-refractivity contribution < 1.29 is 23.2 Å². The third-order valence-electron chi connectivity index (χ3n) is 9.01. The summed E-state index contributed by atoms with van der Waals surface area (Å²) in [6.07, 6.45) is 2.24. The number of carbonyl (C=O) groups is 2. The minimum Gasteiger partial charge on any atom is -0.469 e. The third-order valence-corrected chi connectivity index (χ3v) is 13.5. The fraction of sp³-hybridized carbons (Fsp3) is 0.316. The number of Topliss-reactive ketones (excluding diaryl/α,β-unsaturated/α-hetero) is 1. The monoisotopic (exact) mass is 606 g/mol. The van der Waals surface area contributed by atoms with Crippen LogP contribution in [-0.4, -0.2) is 27.2 Å². The molecule has 1 unspecified atom stereocenters. The van der Waals surface area contributed by atoms with Gasteiger partial charge in [-0.3, -0.25) is 9.59 Å². The number of ketones is 1. The summed E-state index contributed by atoms with van der Waals surface area (Å²) in [4.78, 5) is 24.5. The van der Waals surface area contributed by atoms with Gasteiger partial charge < -0.3 is 13.6 Å². The number of benzene rings is 4. The van der Waals surface area contributed by atoms with Crippen molar-refractivity contribution in [2.45, 2.75) is 70.7 Å². The second kappa shape index (κ2) is 12.9. The van der Waals surface area contributed by atoms with Crippen LogP contribution in [0.4, 0.5) is 0 Å². The van der Waals surface area contributed by atoms with Gasteiger partial charge in [0.25, 0.3) is 0 Å². The molecular weight excluding hydrogens is 564 g/mol. The Labute approximate surface area is 261 Å². The number of furan rings is 1. The van der Waals surface area contributed by atoms with Crippen LogP contribution in [0.5, 0.6) is 0 Å². The van der Waals surface area contributed by atoms with Crippen molar-refractivity contribution in [3.05, 3.63) is 119 Å². The molecule has 0 aliphatic rings. The first-order valence-electron chi connectivity index (χ1n) is 15.3. The summed E-state index contributed by atoms with van der Waals surface area (Å²) in [5.74, 6) is -0.834. The second-order valence-electron chi connectivity index (χ2n) is 13.1. The van der Waals surface area contributed by atoms with E-state index in [1.165, 1.54) is 23.8 Å². The lowest BCUT2D eigenvalue weighted by Gasteiger charge is -2.39. The Morgan fingerprint density at radius 3 is 2.11 bits per heavy atom. The van der Waals surface area contributed by atoms with Crippen LogP contribution in [-0.2, 0) is 33.2 Å². The number of methoxy groups -OCH3 is 1. The molecular formula is C38H42O5Si. The minimum absolute atomic E-state index is 0.0411. The van der Waals surface area contributed by atoms with Crippen LogP contribution < -0.4 is 0 Å². The first kappa shape index (κ1) is 31.4. The predicted octanol–water partition coefficient (Wildman–Crippen LogP) is 9.42. The van der Waals surface area contributed by atoms with Gasteiger partial charge in [-0.15, -0.1) is 0 Å². The van der Waals surface area contributed by atoms with Crippen LogP contribution in [0, 0.1) is 0 Å². The molecule has 0 saturated carbocycles.